The Balaban J connectivity index is 1.93. The van der Waals surface area contributed by atoms with Crippen LogP contribution in [0.15, 0.2) is 48.5 Å². The first-order chi connectivity index (χ1) is 11.5. The van der Waals surface area contributed by atoms with Gasteiger partial charge in [0.1, 0.15) is 5.75 Å². The van der Waals surface area contributed by atoms with Crippen LogP contribution in [0.3, 0.4) is 0 Å². The molecule has 0 amide bonds. The van der Waals surface area contributed by atoms with Crippen molar-refractivity contribution in [2.75, 3.05) is 0 Å². The van der Waals surface area contributed by atoms with Crippen molar-refractivity contribution >= 4 is 11.0 Å². The van der Waals surface area contributed by atoms with E-state index in [2.05, 4.69) is 62.6 Å². The topological polar surface area (TPSA) is 27.1 Å². The first kappa shape index (κ1) is 16.6. The molecule has 3 rings (SSSR count). The molecular weight excluding hydrogens is 296 g/mol. The second-order valence-corrected chi connectivity index (χ2v) is 6.87. The molecule has 2 aromatic carbocycles. The molecule has 1 atom stereocenters. The Bertz CT molecular complexity index is 820. The summed E-state index contributed by atoms with van der Waals surface area (Å²) in [5.74, 6) is 2.55. The zero-order valence-electron chi connectivity index (χ0n) is 15.0. The summed E-state index contributed by atoms with van der Waals surface area (Å²) in [5.41, 5.74) is 3.43. The highest BCUT2D eigenvalue weighted by atomic mass is 16.5. The Kier molecular flexibility index (Phi) is 4.89. The molecule has 3 aromatic rings. The molecular formula is C21H26N2O. The molecule has 0 spiro atoms. The van der Waals surface area contributed by atoms with Gasteiger partial charge in [-0.1, -0.05) is 38.1 Å². The minimum atomic E-state index is -0.0913. The fourth-order valence-corrected chi connectivity index (χ4v) is 2.97. The molecule has 0 aliphatic rings. The number of benzene rings is 2. The van der Waals surface area contributed by atoms with Crippen LogP contribution in [0.25, 0.3) is 11.0 Å². The van der Waals surface area contributed by atoms with Gasteiger partial charge >= 0.3 is 0 Å². The first-order valence-corrected chi connectivity index (χ1v) is 8.73. The third-order valence-electron chi connectivity index (χ3n) is 4.28. The van der Waals surface area contributed by atoms with Crippen molar-refractivity contribution < 1.29 is 4.74 Å². The molecule has 0 saturated heterocycles. The molecule has 0 fully saturated rings. The van der Waals surface area contributed by atoms with E-state index < -0.39 is 0 Å². The molecule has 0 aliphatic heterocycles. The highest BCUT2D eigenvalue weighted by molar-refractivity contribution is 5.76. The van der Waals surface area contributed by atoms with Crippen LogP contribution in [0.5, 0.6) is 5.75 Å². The number of rotatable bonds is 6. The highest BCUT2D eigenvalue weighted by Crippen LogP contribution is 2.26. The maximum absolute atomic E-state index is 6.17. The quantitative estimate of drug-likeness (QED) is 0.596. The minimum Gasteiger partial charge on any atom is -0.483 e. The van der Waals surface area contributed by atoms with E-state index in [4.69, 9.17) is 9.72 Å². The van der Waals surface area contributed by atoms with E-state index in [-0.39, 0.29) is 6.10 Å². The Hall–Kier alpha value is -2.29. The lowest BCUT2D eigenvalue weighted by Crippen LogP contribution is -2.13. The maximum Gasteiger partial charge on any atom is 0.153 e. The van der Waals surface area contributed by atoms with Crippen LogP contribution >= 0.6 is 0 Å². The first-order valence-electron chi connectivity index (χ1n) is 8.73. The number of hydrogen-bond acceptors (Lipinski definition) is 2. The van der Waals surface area contributed by atoms with Crippen LogP contribution in [0.4, 0.5) is 0 Å². The van der Waals surface area contributed by atoms with Crippen LogP contribution in [0.1, 0.15) is 44.7 Å². The summed E-state index contributed by atoms with van der Waals surface area (Å²) in [6.07, 6.45) is 1.04. The molecule has 1 unspecified atom stereocenters. The Morgan fingerprint density at radius 2 is 1.83 bits per heavy atom. The van der Waals surface area contributed by atoms with Gasteiger partial charge in [0.2, 0.25) is 0 Å². The molecule has 126 valence electrons. The molecule has 0 radical (unpaired) electrons. The fraction of sp³-hybridized carbons (Fsp3) is 0.381. The number of imidazole rings is 1. The highest BCUT2D eigenvalue weighted by Gasteiger charge is 2.18. The van der Waals surface area contributed by atoms with E-state index in [1.165, 1.54) is 11.1 Å². The summed E-state index contributed by atoms with van der Waals surface area (Å²) in [4.78, 5) is 4.85. The smallest absolute Gasteiger partial charge is 0.153 e. The zero-order chi connectivity index (χ0) is 17.1. The van der Waals surface area contributed by atoms with Crippen LogP contribution in [0, 0.1) is 12.8 Å². The van der Waals surface area contributed by atoms with Gasteiger partial charge < -0.3 is 9.30 Å². The molecule has 3 heteroatoms. The van der Waals surface area contributed by atoms with Crippen LogP contribution in [-0.4, -0.2) is 9.55 Å². The standard InChI is InChI=1S/C21H26N2O/c1-15(2)12-13-23-20-11-6-5-10-19(20)22-21(23)17(4)24-18-9-7-8-16(3)14-18/h5-11,14-15,17H,12-13H2,1-4H3. The third kappa shape index (κ3) is 3.61. The number of aryl methyl sites for hydroxylation is 2. The summed E-state index contributed by atoms with van der Waals surface area (Å²) >= 11 is 0. The van der Waals surface area contributed by atoms with Gasteiger partial charge in [0.25, 0.3) is 0 Å². The van der Waals surface area contributed by atoms with Crippen molar-refractivity contribution in [3.63, 3.8) is 0 Å². The zero-order valence-corrected chi connectivity index (χ0v) is 15.0. The van der Waals surface area contributed by atoms with Gasteiger partial charge in [-0.2, -0.15) is 0 Å². The summed E-state index contributed by atoms with van der Waals surface area (Å²) in [6, 6.07) is 16.5. The molecule has 1 aromatic heterocycles. The number of ether oxygens (including phenoxy) is 1. The third-order valence-corrected chi connectivity index (χ3v) is 4.28. The Morgan fingerprint density at radius 1 is 1.04 bits per heavy atom. The largest absolute Gasteiger partial charge is 0.483 e. The van der Waals surface area contributed by atoms with Crippen molar-refractivity contribution in [3.8, 4) is 5.75 Å². The van der Waals surface area contributed by atoms with Gasteiger partial charge in [0.15, 0.2) is 11.9 Å². The second kappa shape index (κ2) is 7.08. The van der Waals surface area contributed by atoms with Crippen molar-refractivity contribution in [2.24, 2.45) is 5.92 Å². The van der Waals surface area contributed by atoms with Gasteiger partial charge in [-0.15, -0.1) is 0 Å². The Morgan fingerprint density at radius 3 is 2.58 bits per heavy atom. The van der Waals surface area contributed by atoms with Crippen LogP contribution < -0.4 is 4.74 Å². The maximum atomic E-state index is 6.17. The van der Waals surface area contributed by atoms with Gasteiger partial charge in [-0.3, -0.25) is 0 Å². The minimum absolute atomic E-state index is 0.0913. The Labute approximate surface area is 144 Å². The van der Waals surface area contributed by atoms with E-state index in [1.54, 1.807) is 0 Å². The molecule has 24 heavy (non-hydrogen) atoms. The second-order valence-electron chi connectivity index (χ2n) is 6.87. The van der Waals surface area contributed by atoms with Crippen molar-refractivity contribution in [1.82, 2.24) is 9.55 Å². The lowest BCUT2D eigenvalue weighted by Gasteiger charge is -2.17. The summed E-state index contributed by atoms with van der Waals surface area (Å²) in [7, 11) is 0. The molecule has 3 nitrogen and oxygen atoms in total. The SMILES string of the molecule is Cc1cccc(OC(C)c2nc3ccccc3n2CCC(C)C)c1. The monoisotopic (exact) mass is 322 g/mol. The molecule has 0 bridgehead atoms. The van der Waals surface area contributed by atoms with E-state index in [0.29, 0.717) is 5.92 Å². The van der Waals surface area contributed by atoms with Gasteiger partial charge in [-0.25, -0.2) is 4.98 Å². The van der Waals surface area contributed by atoms with Gasteiger partial charge in [0, 0.05) is 6.54 Å². The predicted octanol–water partition coefficient (Wildman–Crippen LogP) is 5.53. The van der Waals surface area contributed by atoms with E-state index in [0.717, 1.165) is 30.1 Å². The van der Waals surface area contributed by atoms with Crippen molar-refractivity contribution in [2.45, 2.75) is 46.8 Å². The number of fused-ring (bicyclic) bond motifs is 1. The molecule has 0 aliphatic carbocycles. The number of nitrogens with zero attached hydrogens (tertiary/aromatic N) is 2. The predicted molar refractivity (Wildman–Crippen MR) is 99.4 cm³/mol. The molecule has 0 N–H and O–H groups in total. The van der Waals surface area contributed by atoms with E-state index in [9.17, 15) is 0 Å². The number of hydrogen-bond donors (Lipinski definition) is 0. The lowest BCUT2D eigenvalue weighted by molar-refractivity contribution is 0.210. The number of para-hydroxylation sites is 2. The average molecular weight is 322 g/mol. The van der Waals surface area contributed by atoms with E-state index in [1.807, 2.05) is 18.2 Å². The van der Waals surface area contributed by atoms with Crippen LogP contribution in [0.2, 0.25) is 0 Å². The molecule has 1 heterocycles. The summed E-state index contributed by atoms with van der Waals surface area (Å²) < 4.78 is 8.49. The van der Waals surface area contributed by atoms with Gasteiger partial charge in [0.05, 0.1) is 11.0 Å². The normalized spacial score (nSPS) is 12.7. The van der Waals surface area contributed by atoms with Crippen LogP contribution in [-0.2, 0) is 6.54 Å². The number of aromatic nitrogens is 2. The van der Waals surface area contributed by atoms with Gasteiger partial charge in [-0.05, 0) is 56.0 Å². The van der Waals surface area contributed by atoms with Crippen molar-refractivity contribution in [3.05, 3.63) is 59.9 Å². The average Bonchev–Trinajstić information content (AvgIpc) is 2.91. The molecule has 0 saturated carbocycles. The van der Waals surface area contributed by atoms with E-state index >= 15 is 0 Å². The fourth-order valence-electron chi connectivity index (χ4n) is 2.97. The summed E-state index contributed by atoms with van der Waals surface area (Å²) in [6.45, 7) is 9.64. The summed E-state index contributed by atoms with van der Waals surface area (Å²) in [5, 5.41) is 0. The van der Waals surface area contributed by atoms with Crippen molar-refractivity contribution in [1.29, 1.82) is 0 Å². The lowest BCUT2D eigenvalue weighted by atomic mass is 10.1.